The second-order valence-corrected chi connectivity index (χ2v) is 6.78. The highest BCUT2D eigenvalue weighted by molar-refractivity contribution is 5.98. The highest BCUT2D eigenvalue weighted by Gasteiger charge is 2.21. The number of rotatable bonds is 8. The van der Waals surface area contributed by atoms with Crippen molar-refractivity contribution in [1.29, 1.82) is 0 Å². The molecular formula is C23H27NO5. The molecule has 0 aliphatic heterocycles. The molecule has 0 saturated carbocycles. The number of ether oxygens (including phenoxy) is 3. The van der Waals surface area contributed by atoms with E-state index in [1.165, 1.54) is 20.1 Å². The first-order valence-electron chi connectivity index (χ1n) is 9.28. The van der Waals surface area contributed by atoms with Gasteiger partial charge in [-0.15, -0.1) is 0 Å². The van der Waals surface area contributed by atoms with Crippen molar-refractivity contribution in [1.82, 2.24) is 0 Å². The lowest BCUT2D eigenvalue weighted by atomic mass is 10.0. The van der Waals surface area contributed by atoms with Gasteiger partial charge in [0.05, 0.1) is 12.7 Å². The Morgan fingerprint density at radius 1 is 1.10 bits per heavy atom. The molecule has 2 aromatic rings. The van der Waals surface area contributed by atoms with Crippen molar-refractivity contribution in [3.8, 4) is 11.5 Å². The SMILES string of the molecule is C=CCOc1ccc(C(=O)OC(C)C(=O)Nc2c(C)cc(C)cc2C)cc1OC. The molecule has 0 bridgehead atoms. The van der Waals surface area contributed by atoms with Gasteiger partial charge in [-0.3, -0.25) is 4.79 Å². The summed E-state index contributed by atoms with van der Waals surface area (Å²) in [6, 6.07) is 8.66. The van der Waals surface area contributed by atoms with Gasteiger partial charge in [0.15, 0.2) is 17.6 Å². The van der Waals surface area contributed by atoms with Crippen LogP contribution in [0.4, 0.5) is 5.69 Å². The smallest absolute Gasteiger partial charge is 0.339 e. The fraction of sp³-hybridized carbons (Fsp3) is 0.304. The van der Waals surface area contributed by atoms with Gasteiger partial charge in [-0.25, -0.2) is 4.79 Å². The topological polar surface area (TPSA) is 73.9 Å². The molecular weight excluding hydrogens is 370 g/mol. The molecule has 1 unspecified atom stereocenters. The number of hydrogen-bond acceptors (Lipinski definition) is 5. The maximum absolute atomic E-state index is 12.5. The summed E-state index contributed by atoms with van der Waals surface area (Å²) in [4.78, 5) is 25.0. The van der Waals surface area contributed by atoms with E-state index in [-0.39, 0.29) is 5.56 Å². The summed E-state index contributed by atoms with van der Waals surface area (Å²) in [5.41, 5.74) is 4.01. The van der Waals surface area contributed by atoms with Gasteiger partial charge in [0.1, 0.15) is 6.61 Å². The largest absolute Gasteiger partial charge is 0.493 e. The molecule has 154 valence electrons. The first kappa shape index (κ1) is 22.0. The summed E-state index contributed by atoms with van der Waals surface area (Å²) in [6.07, 6.45) is 0.643. The van der Waals surface area contributed by atoms with Crippen molar-refractivity contribution < 1.29 is 23.8 Å². The van der Waals surface area contributed by atoms with E-state index in [9.17, 15) is 9.59 Å². The van der Waals surface area contributed by atoms with E-state index in [0.29, 0.717) is 18.1 Å². The van der Waals surface area contributed by atoms with Gasteiger partial charge < -0.3 is 19.5 Å². The minimum absolute atomic E-state index is 0.259. The van der Waals surface area contributed by atoms with Crippen LogP contribution >= 0.6 is 0 Å². The molecule has 2 rings (SSSR count). The molecule has 0 aromatic heterocycles. The molecule has 29 heavy (non-hydrogen) atoms. The molecule has 1 N–H and O–H groups in total. The van der Waals surface area contributed by atoms with Gasteiger partial charge in [0.2, 0.25) is 0 Å². The van der Waals surface area contributed by atoms with Crippen LogP contribution in [0.15, 0.2) is 43.0 Å². The van der Waals surface area contributed by atoms with Crippen molar-refractivity contribution in [2.45, 2.75) is 33.8 Å². The second kappa shape index (κ2) is 9.78. The van der Waals surface area contributed by atoms with Crippen molar-refractivity contribution in [3.05, 3.63) is 65.2 Å². The first-order chi connectivity index (χ1) is 13.8. The van der Waals surface area contributed by atoms with E-state index in [1.807, 2.05) is 32.9 Å². The number of hydrogen-bond donors (Lipinski definition) is 1. The molecule has 0 aliphatic rings. The van der Waals surface area contributed by atoms with Crippen molar-refractivity contribution in [2.24, 2.45) is 0 Å². The monoisotopic (exact) mass is 397 g/mol. The Labute approximate surface area is 171 Å². The second-order valence-electron chi connectivity index (χ2n) is 6.78. The molecule has 0 saturated heterocycles. The number of aryl methyl sites for hydroxylation is 3. The van der Waals surface area contributed by atoms with Crippen LogP contribution in [0.5, 0.6) is 11.5 Å². The third-order valence-electron chi connectivity index (χ3n) is 4.33. The summed E-state index contributed by atoms with van der Waals surface area (Å²) in [5, 5.41) is 2.85. The molecule has 1 amide bonds. The fourth-order valence-electron chi connectivity index (χ4n) is 2.95. The number of esters is 1. The van der Waals surface area contributed by atoms with E-state index >= 15 is 0 Å². The maximum atomic E-state index is 12.5. The zero-order valence-corrected chi connectivity index (χ0v) is 17.5. The number of carbonyl (C=O) groups excluding carboxylic acids is 2. The lowest BCUT2D eigenvalue weighted by Gasteiger charge is -2.17. The summed E-state index contributed by atoms with van der Waals surface area (Å²) in [7, 11) is 1.48. The zero-order chi connectivity index (χ0) is 21.6. The van der Waals surface area contributed by atoms with Gasteiger partial charge in [-0.05, 0) is 57.0 Å². The Bertz CT molecular complexity index is 896. The van der Waals surface area contributed by atoms with E-state index in [1.54, 1.807) is 18.2 Å². The van der Waals surface area contributed by atoms with Crippen LogP contribution in [-0.2, 0) is 9.53 Å². The zero-order valence-electron chi connectivity index (χ0n) is 17.5. The predicted molar refractivity (Wildman–Crippen MR) is 113 cm³/mol. The standard InChI is InChI=1S/C23H27NO5/c1-7-10-28-19-9-8-18(13-20(19)27-6)23(26)29-17(5)22(25)24-21-15(3)11-14(2)12-16(21)4/h7-9,11-13,17H,1,10H2,2-6H3,(H,24,25). The Morgan fingerprint density at radius 3 is 2.34 bits per heavy atom. The van der Waals surface area contributed by atoms with Gasteiger partial charge >= 0.3 is 5.97 Å². The van der Waals surface area contributed by atoms with Crippen LogP contribution in [-0.4, -0.2) is 31.7 Å². The van der Waals surface area contributed by atoms with E-state index in [4.69, 9.17) is 14.2 Å². The Hall–Kier alpha value is -3.28. The molecule has 0 spiro atoms. The van der Waals surface area contributed by atoms with Gasteiger partial charge in [-0.1, -0.05) is 30.4 Å². The summed E-state index contributed by atoms with van der Waals surface area (Å²) >= 11 is 0. The van der Waals surface area contributed by atoms with Gasteiger partial charge in [0.25, 0.3) is 5.91 Å². The molecule has 6 nitrogen and oxygen atoms in total. The summed E-state index contributed by atoms with van der Waals surface area (Å²) in [5.74, 6) is -0.144. The third kappa shape index (κ3) is 5.60. The van der Waals surface area contributed by atoms with E-state index in [2.05, 4.69) is 11.9 Å². The van der Waals surface area contributed by atoms with E-state index < -0.39 is 18.0 Å². The molecule has 0 aliphatic carbocycles. The summed E-state index contributed by atoms with van der Waals surface area (Å²) < 4.78 is 16.1. The fourth-order valence-corrected chi connectivity index (χ4v) is 2.95. The molecule has 0 radical (unpaired) electrons. The van der Waals surface area contributed by atoms with E-state index in [0.717, 1.165) is 22.4 Å². The van der Waals surface area contributed by atoms with Crippen LogP contribution in [0, 0.1) is 20.8 Å². The van der Waals surface area contributed by atoms with Crippen LogP contribution in [0.1, 0.15) is 34.0 Å². The minimum atomic E-state index is -0.967. The Balaban J connectivity index is 2.08. The highest BCUT2D eigenvalue weighted by Crippen LogP contribution is 2.28. The third-order valence-corrected chi connectivity index (χ3v) is 4.33. The van der Waals surface area contributed by atoms with Crippen molar-refractivity contribution in [2.75, 3.05) is 19.0 Å². The minimum Gasteiger partial charge on any atom is -0.493 e. The number of methoxy groups -OCH3 is 1. The number of anilines is 1. The van der Waals surface area contributed by atoms with Crippen molar-refractivity contribution >= 4 is 17.6 Å². The average Bonchev–Trinajstić information content (AvgIpc) is 2.68. The lowest BCUT2D eigenvalue weighted by molar-refractivity contribution is -0.123. The number of amides is 1. The summed E-state index contributed by atoms with van der Waals surface area (Å²) in [6.45, 7) is 11.3. The van der Waals surface area contributed by atoms with Crippen LogP contribution in [0.3, 0.4) is 0 Å². The van der Waals surface area contributed by atoms with Crippen LogP contribution < -0.4 is 14.8 Å². The predicted octanol–water partition coefficient (Wildman–Crippen LogP) is 4.37. The van der Waals surface area contributed by atoms with Crippen LogP contribution in [0.25, 0.3) is 0 Å². The first-order valence-corrected chi connectivity index (χ1v) is 9.28. The maximum Gasteiger partial charge on any atom is 0.339 e. The molecule has 0 fully saturated rings. The number of benzene rings is 2. The average molecular weight is 397 g/mol. The van der Waals surface area contributed by atoms with Gasteiger partial charge in [0, 0.05) is 5.69 Å². The highest BCUT2D eigenvalue weighted by atomic mass is 16.5. The Morgan fingerprint density at radius 2 is 1.76 bits per heavy atom. The Kier molecular flexibility index (Phi) is 7.42. The molecule has 2 aromatic carbocycles. The van der Waals surface area contributed by atoms with Gasteiger partial charge in [-0.2, -0.15) is 0 Å². The molecule has 1 atom stereocenters. The molecule has 0 heterocycles. The number of carbonyl (C=O) groups is 2. The number of nitrogens with one attached hydrogen (secondary N) is 1. The van der Waals surface area contributed by atoms with Crippen LogP contribution in [0.2, 0.25) is 0 Å². The lowest BCUT2D eigenvalue weighted by Crippen LogP contribution is -2.30. The van der Waals surface area contributed by atoms with Crippen molar-refractivity contribution in [3.63, 3.8) is 0 Å². The normalized spacial score (nSPS) is 11.3. The quantitative estimate of drug-likeness (QED) is 0.529. The molecule has 6 heteroatoms.